The Bertz CT molecular complexity index is 429. The van der Waals surface area contributed by atoms with E-state index in [-0.39, 0.29) is 17.7 Å². The number of carbonyl (C=O) groups is 2. The first-order chi connectivity index (χ1) is 9.98. The molecular formula is C15H24N2O4. The van der Waals surface area contributed by atoms with Crippen molar-refractivity contribution in [2.45, 2.75) is 43.7 Å². The van der Waals surface area contributed by atoms with Gasteiger partial charge >= 0.3 is 0 Å². The van der Waals surface area contributed by atoms with E-state index < -0.39 is 5.60 Å². The SMILES string of the molecule is CN(CC1(O)CCOCC1)C(=O)C1CC(=O)N(C2CC2)C1. The van der Waals surface area contributed by atoms with E-state index in [2.05, 4.69) is 0 Å². The lowest BCUT2D eigenvalue weighted by atomic mass is 9.93. The van der Waals surface area contributed by atoms with Crippen molar-refractivity contribution in [3.63, 3.8) is 0 Å². The van der Waals surface area contributed by atoms with Crippen molar-refractivity contribution >= 4 is 11.8 Å². The molecule has 6 nitrogen and oxygen atoms in total. The maximum Gasteiger partial charge on any atom is 0.227 e. The molecule has 1 saturated carbocycles. The van der Waals surface area contributed by atoms with E-state index in [9.17, 15) is 14.7 Å². The molecule has 3 fully saturated rings. The molecule has 0 spiro atoms. The summed E-state index contributed by atoms with van der Waals surface area (Å²) >= 11 is 0. The fraction of sp³-hybridized carbons (Fsp3) is 0.867. The second kappa shape index (κ2) is 5.57. The van der Waals surface area contributed by atoms with Crippen molar-refractivity contribution < 1.29 is 19.4 Å². The standard InChI is InChI=1S/C15H24N2O4/c1-16(10-15(20)4-6-21-7-5-15)14(19)11-8-13(18)17(9-11)12-2-3-12/h11-12,20H,2-10H2,1H3. The van der Waals surface area contributed by atoms with Gasteiger partial charge in [-0.3, -0.25) is 9.59 Å². The maximum atomic E-state index is 12.5. The van der Waals surface area contributed by atoms with Crippen LogP contribution < -0.4 is 0 Å². The third-order valence-electron chi connectivity index (χ3n) is 4.83. The van der Waals surface area contributed by atoms with Crippen molar-refractivity contribution in [1.29, 1.82) is 0 Å². The van der Waals surface area contributed by atoms with Gasteiger partial charge in [0.15, 0.2) is 0 Å². The zero-order valence-corrected chi connectivity index (χ0v) is 12.6. The first-order valence-corrected chi connectivity index (χ1v) is 7.83. The van der Waals surface area contributed by atoms with Crippen LogP contribution in [0.1, 0.15) is 32.1 Å². The number of amides is 2. The number of likely N-dealkylation sites (N-methyl/N-ethyl adjacent to an activating group) is 1. The summed E-state index contributed by atoms with van der Waals surface area (Å²) in [6, 6.07) is 0.375. The fourth-order valence-electron chi connectivity index (χ4n) is 3.38. The molecule has 3 aliphatic rings. The van der Waals surface area contributed by atoms with E-state index in [4.69, 9.17) is 4.74 Å². The first-order valence-electron chi connectivity index (χ1n) is 7.83. The monoisotopic (exact) mass is 296 g/mol. The molecule has 0 radical (unpaired) electrons. The van der Waals surface area contributed by atoms with Gasteiger partial charge in [-0.2, -0.15) is 0 Å². The van der Waals surface area contributed by atoms with Gasteiger partial charge in [0.1, 0.15) is 0 Å². The van der Waals surface area contributed by atoms with Gasteiger partial charge in [0.2, 0.25) is 11.8 Å². The van der Waals surface area contributed by atoms with Crippen molar-refractivity contribution in [2.75, 3.05) is 33.4 Å². The summed E-state index contributed by atoms with van der Waals surface area (Å²) in [6.07, 6.45) is 3.58. The average molecular weight is 296 g/mol. The summed E-state index contributed by atoms with van der Waals surface area (Å²) in [7, 11) is 1.72. The molecule has 118 valence electrons. The van der Waals surface area contributed by atoms with E-state index in [0.717, 1.165) is 12.8 Å². The van der Waals surface area contributed by atoms with Crippen molar-refractivity contribution in [3.8, 4) is 0 Å². The Morgan fingerprint density at radius 3 is 2.71 bits per heavy atom. The molecule has 0 aromatic carbocycles. The molecule has 1 N–H and O–H groups in total. The van der Waals surface area contributed by atoms with Crippen LogP contribution in [-0.4, -0.2) is 71.7 Å². The molecule has 0 aromatic rings. The summed E-state index contributed by atoms with van der Waals surface area (Å²) in [4.78, 5) is 27.9. The molecular weight excluding hydrogens is 272 g/mol. The summed E-state index contributed by atoms with van der Waals surface area (Å²) in [5, 5.41) is 10.5. The zero-order chi connectivity index (χ0) is 15.0. The van der Waals surface area contributed by atoms with Crippen LogP contribution in [-0.2, 0) is 14.3 Å². The van der Waals surface area contributed by atoms with Crippen LogP contribution in [0.15, 0.2) is 0 Å². The highest BCUT2D eigenvalue weighted by atomic mass is 16.5. The first kappa shape index (κ1) is 14.8. The Morgan fingerprint density at radius 2 is 2.10 bits per heavy atom. The molecule has 3 rings (SSSR count). The number of aliphatic hydroxyl groups is 1. The molecule has 0 aromatic heterocycles. The molecule has 2 aliphatic heterocycles. The van der Waals surface area contributed by atoms with E-state index in [0.29, 0.717) is 51.6 Å². The minimum Gasteiger partial charge on any atom is -0.388 e. The molecule has 1 atom stereocenters. The molecule has 21 heavy (non-hydrogen) atoms. The van der Waals surface area contributed by atoms with Crippen LogP contribution in [0.3, 0.4) is 0 Å². The lowest BCUT2D eigenvalue weighted by Crippen LogP contribution is -2.48. The maximum absolute atomic E-state index is 12.5. The highest BCUT2D eigenvalue weighted by Crippen LogP contribution is 2.33. The summed E-state index contributed by atoms with van der Waals surface area (Å²) in [5.74, 6) is -0.160. The molecule has 0 bridgehead atoms. The van der Waals surface area contributed by atoms with Gasteiger partial charge < -0.3 is 19.6 Å². The summed E-state index contributed by atoms with van der Waals surface area (Å²) in [6.45, 7) is 1.95. The number of nitrogens with zero attached hydrogens (tertiary/aromatic N) is 2. The van der Waals surface area contributed by atoms with E-state index >= 15 is 0 Å². The van der Waals surface area contributed by atoms with E-state index in [1.165, 1.54) is 0 Å². The second-order valence-electron chi connectivity index (χ2n) is 6.71. The van der Waals surface area contributed by atoms with Gasteiger partial charge in [0, 0.05) is 58.7 Å². The summed E-state index contributed by atoms with van der Waals surface area (Å²) in [5.41, 5.74) is -0.846. The number of hydrogen-bond acceptors (Lipinski definition) is 4. The molecule has 2 saturated heterocycles. The lowest BCUT2D eigenvalue weighted by Gasteiger charge is -2.36. The zero-order valence-electron chi connectivity index (χ0n) is 12.6. The van der Waals surface area contributed by atoms with Gasteiger partial charge in [-0.25, -0.2) is 0 Å². The van der Waals surface area contributed by atoms with Crippen molar-refractivity contribution in [1.82, 2.24) is 9.80 Å². The van der Waals surface area contributed by atoms with Gasteiger partial charge in [-0.05, 0) is 12.8 Å². The van der Waals surface area contributed by atoms with E-state index in [1.807, 2.05) is 4.90 Å². The Balaban J connectivity index is 1.56. The van der Waals surface area contributed by atoms with Crippen LogP contribution in [0, 0.1) is 5.92 Å². The molecule has 2 heterocycles. The van der Waals surface area contributed by atoms with Crippen LogP contribution >= 0.6 is 0 Å². The number of rotatable bonds is 4. The van der Waals surface area contributed by atoms with Crippen LogP contribution in [0.25, 0.3) is 0 Å². The number of likely N-dealkylation sites (tertiary alicyclic amines) is 1. The smallest absolute Gasteiger partial charge is 0.227 e. The number of hydrogen-bond donors (Lipinski definition) is 1. The Hall–Kier alpha value is -1.14. The molecule has 6 heteroatoms. The fourth-order valence-corrected chi connectivity index (χ4v) is 3.38. The molecule has 1 unspecified atom stereocenters. The van der Waals surface area contributed by atoms with Gasteiger partial charge in [0.25, 0.3) is 0 Å². The number of carbonyl (C=O) groups excluding carboxylic acids is 2. The normalized spacial score (nSPS) is 28.8. The highest BCUT2D eigenvalue weighted by molar-refractivity contribution is 5.89. The quantitative estimate of drug-likeness (QED) is 0.792. The molecule has 2 amide bonds. The Kier molecular flexibility index (Phi) is 3.92. The van der Waals surface area contributed by atoms with Crippen LogP contribution in [0.2, 0.25) is 0 Å². The largest absolute Gasteiger partial charge is 0.388 e. The second-order valence-corrected chi connectivity index (χ2v) is 6.71. The van der Waals surface area contributed by atoms with Crippen molar-refractivity contribution in [3.05, 3.63) is 0 Å². The predicted molar refractivity (Wildman–Crippen MR) is 75.5 cm³/mol. The topological polar surface area (TPSA) is 70.1 Å². The third kappa shape index (κ3) is 3.21. The van der Waals surface area contributed by atoms with Crippen LogP contribution in [0.5, 0.6) is 0 Å². The summed E-state index contributed by atoms with van der Waals surface area (Å²) < 4.78 is 5.25. The van der Waals surface area contributed by atoms with Gasteiger partial charge in [0.05, 0.1) is 11.5 Å². The predicted octanol–water partition coefficient (Wildman–Crippen LogP) is -0.00280. The molecule has 1 aliphatic carbocycles. The minimum absolute atomic E-state index is 0.0218. The Labute approximate surface area is 125 Å². The van der Waals surface area contributed by atoms with E-state index in [1.54, 1.807) is 11.9 Å². The minimum atomic E-state index is -0.846. The van der Waals surface area contributed by atoms with Gasteiger partial charge in [-0.1, -0.05) is 0 Å². The Morgan fingerprint density at radius 1 is 1.43 bits per heavy atom. The average Bonchev–Trinajstić information content (AvgIpc) is 3.21. The lowest BCUT2D eigenvalue weighted by molar-refractivity contribution is -0.140. The number of ether oxygens (including phenoxy) is 1. The highest BCUT2D eigenvalue weighted by Gasteiger charge is 2.43. The third-order valence-corrected chi connectivity index (χ3v) is 4.83. The van der Waals surface area contributed by atoms with Crippen molar-refractivity contribution in [2.24, 2.45) is 5.92 Å². The van der Waals surface area contributed by atoms with Gasteiger partial charge in [-0.15, -0.1) is 0 Å². The van der Waals surface area contributed by atoms with Crippen LogP contribution in [0.4, 0.5) is 0 Å².